The Morgan fingerprint density at radius 2 is 1.87 bits per heavy atom. The number of aliphatic imine (C=N–C) groups is 1. The number of benzene rings is 1. The summed E-state index contributed by atoms with van der Waals surface area (Å²) in [6.07, 6.45) is 2.14. The van der Waals surface area contributed by atoms with Crippen molar-refractivity contribution in [3.8, 4) is 0 Å². The van der Waals surface area contributed by atoms with Crippen molar-refractivity contribution in [2.75, 3.05) is 56.7 Å². The summed E-state index contributed by atoms with van der Waals surface area (Å²) in [5.41, 5.74) is 2.72. The van der Waals surface area contributed by atoms with E-state index in [2.05, 4.69) is 43.0 Å². The van der Waals surface area contributed by atoms with Crippen molar-refractivity contribution in [2.24, 2.45) is 10.9 Å². The van der Waals surface area contributed by atoms with Gasteiger partial charge in [0.2, 0.25) is 0 Å². The highest BCUT2D eigenvalue weighted by molar-refractivity contribution is 8.14. The Kier molecular flexibility index (Phi) is 8.24. The molecule has 0 saturated carbocycles. The molecular formula is C24H35N3O2S2. The van der Waals surface area contributed by atoms with Crippen LogP contribution in [0, 0.1) is 5.92 Å². The van der Waals surface area contributed by atoms with Gasteiger partial charge in [-0.3, -0.25) is 4.99 Å². The van der Waals surface area contributed by atoms with Gasteiger partial charge in [0, 0.05) is 49.5 Å². The first-order chi connectivity index (χ1) is 15.2. The van der Waals surface area contributed by atoms with Gasteiger partial charge in [0.15, 0.2) is 0 Å². The lowest BCUT2D eigenvalue weighted by Gasteiger charge is -2.41. The van der Waals surface area contributed by atoms with E-state index < -0.39 is 0 Å². The fraction of sp³-hybridized carbons (Fsp3) is 0.667. The Labute approximate surface area is 195 Å². The van der Waals surface area contributed by atoms with Gasteiger partial charge in [0.05, 0.1) is 24.3 Å². The first kappa shape index (κ1) is 23.0. The van der Waals surface area contributed by atoms with Crippen molar-refractivity contribution in [3.63, 3.8) is 0 Å². The number of amides is 2. The van der Waals surface area contributed by atoms with Crippen LogP contribution in [0.25, 0.3) is 0 Å². The summed E-state index contributed by atoms with van der Waals surface area (Å²) in [5.74, 6) is 4.05. The van der Waals surface area contributed by atoms with Crippen LogP contribution >= 0.6 is 23.5 Å². The average molecular weight is 462 g/mol. The number of carbonyl (C=O) groups excluding carboxylic acids is 1. The highest BCUT2D eigenvalue weighted by Crippen LogP contribution is 2.36. The van der Waals surface area contributed by atoms with E-state index in [9.17, 15) is 4.79 Å². The van der Waals surface area contributed by atoms with Crippen molar-refractivity contribution in [1.82, 2.24) is 9.80 Å². The first-order valence-electron chi connectivity index (χ1n) is 11.7. The number of urea groups is 1. The zero-order valence-corrected chi connectivity index (χ0v) is 20.4. The van der Waals surface area contributed by atoms with Gasteiger partial charge in [-0.15, -0.1) is 11.8 Å². The van der Waals surface area contributed by atoms with Crippen LogP contribution in [-0.2, 0) is 11.2 Å². The number of morpholine rings is 1. The number of likely N-dealkylation sites (tertiary alicyclic amines) is 1. The van der Waals surface area contributed by atoms with Crippen LogP contribution in [-0.4, -0.2) is 83.6 Å². The number of hydrogen-bond acceptors (Lipinski definition) is 5. The van der Waals surface area contributed by atoms with E-state index in [1.807, 2.05) is 28.4 Å². The maximum Gasteiger partial charge on any atom is 0.320 e. The molecule has 0 spiro atoms. The SMILES string of the molecule is CCSCC1CSC(C2CC(c3ccc(CC)cc3)CN(C(=O)N3CCOCC3)C2)=N1. The Morgan fingerprint density at radius 3 is 2.58 bits per heavy atom. The maximum atomic E-state index is 13.3. The molecule has 3 aliphatic heterocycles. The lowest BCUT2D eigenvalue weighted by atomic mass is 9.84. The minimum atomic E-state index is 0.171. The van der Waals surface area contributed by atoms with Gasteiger partial charge < -0.3 is 14.5 Å². The molecule has 2 saturated heterocycles. The molecule has 170 valence electrons. The van der Waals surface area contributed by atoms with Crippen molar-refractivity contribution in [1.29, 1.82) is 0 Å². The molecule has 0 N–H and O–H groups in total. The van der Waals surface area contributed by atoms with Crippen molar-refractivity contribution >= 4 is 34.6 Å². The number of rotatable bonds is 6. The predicted molar refractivity (Wildman–Crippen MR) is 133 cm³/mol. The molecule has 1 aromatic carbocycles. The molecule has 3 unspecified atom stereocenters. The van der Waals surface area contributed by atoms with Crippen LogP contribution < -0.4 is 0 Å². The largest absolute Gasteiger partial charge is 0.378 e. The Morgan fingerprint density at radius 1 is 1.13 bits per heavy atom. The van der Waals surface area contributed by atoms with Crippen molar-refractivity contribution < 1.29 is 9.53 Å². The van der Waals surface area contributed by atoms with Gasteiger partial charge in [-0.1, -0.05) is 38.1 Å². The molecule has 3 aliphatic rings. The lowest BCUT2D eigenvalue weighted by molar-refractivity contribution is 0.0396. The molecule has 0 aliphatic carbocycles. The third kappa shape index (κ3) is 5.79. The van der Waals surface area contributed by atoms with E-state index in [1.165, 1.54) is 16.2 Å². The first-order valence-corrected chi connectivity index (χ1v) is 13.8. The molecule has 3 atom stereocenters. The second-order valence-electron chi connectivity index (χ2n) is 8.60. The number of ether oxygens (including phenoxy) is 1. The summed E-state index contributed by atoms with van der Waals surface area (Å²) in [4.78, 5) is 22.5. The summed E-state index contributed by atoms with van der Waals surface area (Å²) >= 11 is 3.90. The normalized spacial score (nSPS) is 26.8. The van der Waals surface area contributed by atoms with Gasteiger partial charge in [-0.2, -0.15) is 11.8 Å². The molecule has 7 heteroatoms. The zero-order valence-electron chi connectivity index (χ0n) is 18.8. The van der Waals surface area contributed by atoms with E-state index >= 15 is 0 Å². The summed E-state index contributed by atoms with van der Waals surface area (Å²) < 4.78 is 5.46. The molecule has 0 radical (unpaired) electrons. The summed E-state index contributed by atoms with van der Waals surface area (Å²) in [6.45, 7) is 8.67. The van der Waals surface area contributed by atoms with Gasteiger partial charge in [0.1, 0.15) is 0 Å². The lowest BCUT2D eigenvalue weighted by Crippen LogP contribution is -2.53. The number of piperidine rings is 1. The number of aryl methyl sites for hydroxylation is 1. The van der Waals surface area contributed by atoms with E-state index in [0.29, 0.717) is 44.2 Å². The van der Waals surface area contributed by atoms with E-state index in [4.69, 9.17) is 9.73 Å². The minimum Gasteiger partial charge on any atom is -0.378 e. The predicted octanol–water partition coefficient (Wildman–Crippen LogP) is 4.37. The molecule has 31 heavy (non-hydrogen) atoms. The van der Waals surface area contributed by atoms with Gasteiger partial charge in [0.25, 0.3) is 0 Å². The van der Waals surface area contributed by atoms with E-state index in [1.54, 1.807) is 0 Å². The molecular weight excluding hydrogens is 426 g/mol. The minimum absolute atomic E-state index is 0.171. The van der Waals surface area contributed by atoms with Crippen LogP contribution in [0.15, 0.2) is 29.3 Å². The third-order valence-corrected chi connectivity index (χ3v) is 8.77. The van der Waals surface area contributed by atoms with Gasteiger partial charge >= 0.3 is 6.03 Å². The highest BCUT2D eigenvalue weighted by Gasteiger charge is 2.37. The van der Waals surface area contributed by atoms with Crippen LogP contribution in [0.2, 0.25) is 0 Å². The topological polar surface area (TPSA) is 45.1 Å². The molecule has 0 bridgehead atoms. The summed E-state index contributed by atoms with van der Waals surface area (Å²) in [7, 11) is 0. The maximum absolute atomic E-state index is 13.3. The Balaban J connectivity index is 1.52. The second kappa shape index (κ2) is 11.1. The number of thioether (sulfide) groups is 2. The van der Waals surface area contributed by atoms with Crippen LogP contribution in [0.5, 0.6) is 0 Å². The molecule has 0 aromatic heterocycles. The number of nitrogens with zero attached hydrogens (tertiary/aromatic N) is 3. The summed E-state index contributed by atoms with van der Waals surface area (Å²) in [6, 6.07) is 9.63. The van der Waals surface area contributed by atoms with Crippen LogP contribution in [0.4, 0.5) is 4.79 Å². The zero-order chi connectivity index (χ0) is 21.6. The molecule has 4 rings (SSSR count). The van der Waals surface area contributed by atoms with E-state index in [-0.39, 0.29) is 6.03 Å². The van der Waals surface area contributed by atoms with E-state index in [0.717, 1.165) is 43.2 Å². The second-order valence-corrected chi connectivity index (χ2v) is 11.0. The smallest absolute Gasteiger partial charge is 0.320 e. The molecule has 1 aromatic rings. The number of carbonyl (C=O) groups is 1. The van der Waals surface area contributed by atoms with Gasteiger partial charge in [-0.05, 0) is 29.7 Å². The standard InChI is InChI=1S/C24H35N3O2S2/c1-3-18-5-7-19(8-6-18)20-13-21(23-25-22(17-31-23)16-30-4-2)15-27(14-20)24(28)26-9-11-29-12-10-26/h5-8,20-22H,3-4,9-17H2,1-2H3. The van der Waals surface area contributed by atoms with Crippen LogP contribution in [0.1, 0.15) is 37.3 Å². The quantitative estimate of drug-likeness (QED) is 0.631. The Bertz CT molecular complexity index is 765. The molecule has 2 amide bonds. The average Bonchev–Trinajstić information content (AvgIpc) is 3.31. The van der Waals surface area contributed by atoms with Gasteiger partial charge in [-0.25, -0.2) is 4.79 Å². The highest BCUT2D eigenvalue weighted by atomic mass is 32.2. The molecule has 2 fully saturated rings. The monoisotopic (exact) mass is 461 g/mol. The summed E-state index contributed by atoms with van der Waals surface area (Å²) in [5, 5.41) is 1.27. The van der Waals surface area contributed by atoms with Crippen molar-refractivity contribution in [2.45, 2.75) is 38.6 Å². The molecule has 5 nitrogen and oxygen atoms in total. The fourth-order valence-corrected chi connectivity index (χ4v) is 6.69. The Hall–Kier alpha value is -1.18. The fourth-order valence-electron chi connectivity index (χ4n) is 4.65. The third-order valence-electron chi connectivity index (χ3n) is 6.46. The van der Waals surface area contributed by atoms with Crippen molar-refractivity contribution in [3.05, 3.63) is 35.4 Å². The van der Waals surface area contributed by atoms with Crippen LogP contribution in [0.3, 0.4) is 0 Å². The molecule has 3 heterocycles. The number of hydrogen-bond donors (Lipinski definition) is 0.